The van der Waals surface area contributed by atoms with Gasteiger partial charge in [-0.2, -0.15) is 0 Å². The summed E-state index contributed by atoms with van der Waals surface area (Å²) in [6, 6.07) is -0.248. The van der Waals surface area contributed by atoms with Crippen LogP contribution in [0.25, 0.3) is 0 Å². The Balaban J connectivity index is 0.000000200. The summed E-state index contributed by atoms with van der Waals surface area (Å²) in [5, 5.41) is 4.97. The zero-order valence-electron chi connectivity index (χ0n) is 13.5. The van der Waals surface area contributed by atoms with Gasteiger partial charge < -0.3 is 15.4 Å². The van der Waals surface area contributed by atoms with Crippen molar-refractivity contribution in [2.75, 3.05) is 27.4 Å². The topological polar surface area (TPSA) is 53.6 Å². The molecule has 2 unspecified atom stereocenters. The second kappa shape index (κ2) is 6.59. The first kappa shape index (κ1) is 17.0. The van der Waals surface area contributed by atoms with E-state index in [4.69, 9.17) is 0 Å². The zero-order valence-corrected chi connectivity index (χ0v) is 13.5. The Labute approximate surface area is 122 Å². The number of nitrogens with one attached hydrogen (secondary N) is 2. The van der Waals surface area contributed by atoms with Gasteiger partial charge in [0.2, 0.25) is 0 Å². The summed E-state index contributed by atoms with van der Waals surface area (Å²) >= 11 is 0. The number of piperidine rings is 1. The van der Waals surface area contributed by atoms with Crippen LogP contribution in [0.1, 0.15) is 33.6 Å². The first-order chi connectivity index (χ1) is 9.28. The molecule has 2 fully saturated rings. The standard InChI is InChI=1S/C9H17N.C6H12N2O2/c1-8(2)5-7-6-9(7,3)10(8)4;1-3-4-7-6(9)8-5-10-2/h7H,5-6H2,1-4H3;3H,1,4-5H2,2H3,(H2,7,8,9). The zero-order chi connectivity index (χ0) is 15.4. The number of methoxy groups -OCH3 is 1. The van der Waals surface area contributed by atoms with Crippen molar-refractivity contribution in [3.05, 3.63) is 12.7 Å². The fourth-order valence-corrected chi connectivity index (χ4v) is 2.94. The highest BCUT2D eigenvalue weighted by Crippen LogP contribution is 2.60. The molecule has 5 heteroatoms. The van der Waals surface area contributed by atoms with Gasteiger partial charge in [0.25, 0.3) is 0 Å². The molecule has 20 heavy (non-hydrogen) atoms. The Kier molecular flexibility index (Phi) is 5.59. The van der Waals surface area contributed by atoms with Crippen molar-refractivity contribution in [1.29, 1.82) is 0 Å². The van der Waals surface area contributed by atoms with Crippen LogP contribution in [0.5, 0.6) is 0 Å². The summed E-state index contributed by atoms with van der Waals surface area (Å²) in [4.78, 5) is 13.2. The van der Waals surface area contributed by atoms with Gasteiger partial charge in [0, 0.05) is 24.7 Å². The lowest BCUT2D eigenvalue weighted by Crippen LogP contribution is -2.42. The van der Waals surface area contributed by atoms with Crippen molar-refractivity contribution in [1.82, 2.24) is 15.5 Å². The quantitative estimate of drug-likeness (QED) is 0.612. The minimum Gasteiger partial charge on any atom is -0.364 e. The van der Waals surface area contributed by atoms with Crippen LogP contribution in [0, 0.1) is 5.92 Å². The molecule has 2 rings (SSSR count). The third-order valence-corrected chi connectivity index (χ3v) is 4.58. The first-order valence-corrected chi connectivity index (χ1v) is 7.13. The lowest BCUT2D eigenvalue weighted by atomic mass is 10.00. The van der Waals surface area contributed by atoms with Gasteiger partial charge in [0.15, 0.2) is 0 Å². The van der Waals surface area contributed by atoms with E-state index in [1.54, 1.807) is 6.08 Å². The minimum absolute atomic E-state index is 0.225. The average molecular weight is 283 g/mol. The summed E-state index contributed by atoms with van der Waals surface area (Å²) in [5.41, 5.74) is 1.06. The van der Waals surface area contributed by atoms with E-state index in [0.29, 0.717) is 17.6 Å². The molecule has 2 amide bonds. The van der Waals surface area contributed by atoms with Crippen molar-refractivity contribution in [3.8, 4) is 0 Å². The van der Waals surface area contributed by atoms with Crippen molar-refractivity contribution in [2.45, 2.75) is 44.7 Å². The number of hydrogen-bond donors (Lipinski definition) is 2. The Morgan fingerprint density at radius 2 is 2.05 bits per heavy atom. The molecule has 1 heterocycles. The van der Waals surface area contributed by atoms with E-state index in [1.165, 1.54) is 20.0 Å². The number of likely N-dealkylation sites (tertiary alicyclic amines) is 1. The van der Waals surface area contributed by atoms with Crippen molar-refractivity contribution in [3.63, 3.8) is 0 Å². The summed E-state index contributed by atoms with van der Waals surface area (Å²) in [7, 11) is 3.78. The number of urea groups is 1. The predicted octanol–water partition coefficient (Wildman–Crippen LogP) is 1.95. The molecule has 0 radical (unpaired) electrons. The molecular weight excluding hydrogens is 254 g/mol. The average Bonchev–Trinajstić information content (AvgIpc) is 2.99. The molecule has 1 saturated carbocycles. The predicted molar refractivity (Wildman–Crippen MR) is 81.6 cm³/mol. The second-order valence-electron chi connectivity index (χ2n) is 6.44. The molecule has 0 aromatic carbocycles. The first-order valence-electron chi connectivity index (χ1n) is 7.13. The Hall–Kier alpha value is -1.07. The Morgan fingerprint density at radius 1 is 1.40 bits per heavy atom. The Bertz CT molecular complexity index is 352. The van der Waals surface area contributed by atoms with E-state index < -0.39 is 0 Å². The number of hydrogen-bond acceptors (Lipinski definition) is 3. The van der Waals surface area contributed by atoms with Crippen molar-refractivity contribution >= 4 is 6.03 Å². The normalized spacial score (nSPS) is 29.8. The maximum atomic E-state index is 10.6. The number of carbonyl (C=O) groups is 1. The maximum absolute atomic E-state index is 10.6. The van der Waals surface area contributed by atoms with Crippen LogP contribution in [-0.2, 0) is 4.74 Å². The lowest BCUT2D eigenvalue weighted by Gasteiger charge is -2.34. The number of amides is 2. The fraction of sp³-hybridized carbons (Fsp3) is 0.800. The molecular formula is C15H29N3O2. The molecule has 0 aromatic rings. The van der Waals surface area contributed by atoms with Crippen LogP contribution in [0.15, 0.2) is 12.7 Å². The summed E-state index contributed by atoms with van der Waals surface area (Å²) in [5.74, 6) is 1.01. The summed E-state index contributed by atoms with van der Waals surface area (Å²) in [6.07, 6.45) is 4.44. The number of rotatable bonds is 4. The van der Waals surface area contributed by atoms with Gasteiger partial charge in [-0.1, -0.05) is 6.08 Å². The van der Waals surface area contributed by atoms with E-state index in [2.05, 4.69) is 54.7 Å². The minimum atomic E-state index is -0.248. The highest BCUT2D eigenvalue weighted by molar-refractivity contribution is 5.73. The molecule has 2 aliphatic rings. The number of carbonyl (C=O) groups excluding carboxylic acids is 1. The van der Waals surface area contributed by atoms with Gasteiger partial charge in [-0.25, -0.2) is 4.79 Å². The molecule has 2 atom stereocenters. The van der Waals surface area contributed by atoms with Gasteiger partial charge in [-0.15, -0.1) is 6.58 Å². The molecule has 116 valence electrons. The number of fused-ring (bicyclic) bond motifs is 1. The highest BCUT2D eigenvalue weighted by atomic mass is 16.5. The monoisotopic (exact) mass is 283 g/mol. The third kappa shape index (κ3) is 3.96. The largest absolute Gasteiger partial charge is 0.364 e. The summed E-state index contributed by atoms with van der Waals surface area (Å²) in [6.45, 7) is 11.2. The molecule has 1 saturated heterocycles. The smallest absolute Gasteiger partial charge is 0.316 e. The third-order valence-electron chi connectivity index (χ3n) is 4.58. The van der Waals surface area contributed by atoms with Crippen LogP contribution in [0.2, 0.25) is 0 Å². The molecule has 0 bridgehead atoms. The van der Waals surface area contributed by atoms with E-state index in [9.17, 15) is 4.79 Å². The molecule has 1 aliphatic carbocycles. The van der Waals surface area contributed by atoms with E-state index in [1.807, 2.05) is 0 Å². The number of nitrogens with zero attached hydrogens (tertiary/aromatic N) is 1. The van der Waals surface area contributed by atoms with Crippen LogP contribution in [0.4, 0.5) is 4.79 Å². The molecule has 0 spiro atoms. The van der Waals surface area contributed by atoms with Crippen molar-refractivity contribution < 1.29 is 9.53 Å². The Morgan fingerprint density at radius 3 is 2.40 bits per heavy atom. The van der Waals surface area contributed by atoms with Crippen LogP contribution in [0.3, 0.4) is 0 Å². The van der Waals surface area contributed by atoms with Crippen LogP contribution in [-0.4, -0.2) is 49.4 Å². The van der Waals surface area contributed by atoms with Crippen LogP contribution >= 0.6 is 0 Å². The second-order valence-corrected chi connectivity index (χ2v) is 6.44. The maximum Gasteiger partial charge on any atom is 0.316 e. The molecule has 1 aliphatic heterocycles. The summed E-state index contributed by atoms with van der Waals surface area (Å²) < 4.78 is 4.59. The number of ether oxygens (including phenoxy) is 1. The van der Waals surface area contributed by atoms with Gasteiger partial charge in [-0.05, 0) is 46.6 Å². The van der Waals surface area contributed by atoms with Gasteiger partial charge in [0.05, 0.1) is 0 Å². The van der Waals surface area contributed by atoms with E-state index in [0.717, 1.165) is 5.92 Å². The van der Waals surface area contributed by atoms with Gasteiger partial charge in [-0.3, -0.25) is 4.90 Å². The molecule has 2 N–H and O–H groups in total. The van der Waals surface area contributed by atoms with Gasteiger partial charge >= 0.3 is 6.03 Å². The molecule has 5 nitrogen and oxygen atoms in total. The van der Waals surface area contributed by atoms with Gasteiger partial charge in [0.1, 0.15) is 6.73 Å². The van der Waals surface area contributed by atoms with Crippen molar-refractivity contribution in [2.24, 2.45) is 5.92 Å². The molecule has 0 aromatic heterocycles. The lowest BCUT2D eigenvalue weighted by molar-refractivity contribution is 0.136. The van der Waals surface area contributed by atoms with E-state index >= 15 is 0 Å². The van der Waals surface area contributed by atoms with Crippen LogP contribution < -0.4 is 10.6 Å². The SMILES string of the molecule is C=CCNC(=O)NCOC.CN1C(C)(C)CC2CC21C. The van der Waals surface area contributed by atoms with E-state index in [-0.39, 0.29) is 12.8 Å². The fourth-order valence-electron chi connectivity index (χ4n) is 2.94. The highest BCUT2D eigenvalue weighted by Gasteiger charge is 2.62.